The van der Waals surface area contributed by atoms with Crippen LogP contribution in [-0.2, 0) is 4.74 Å². The Kier molecular flexibility index (Phi) is 3.51. The molecule has 0 amide bonds. The fourth-order valence-corrected chi connectivity index (χ4v) is 2.91. The van der Waals surface area contributed by atoms with Crippen LogP contribution in [0.5, 0.6) is 0 Å². The summed E-state index contributed by atoms with van der Waals surface area (Å²) in [5.41, 5.74) is 2.73. The van der Waals surface area contributed by atoms with Crippen LogP contribution in [0.1, 0.15) is 12.6 Å². The lowest BCUT2D eigenvalue weighted by molar-refractivity contribution is -0.0351. The van der Waals surface area contributed by atoms with Crippen LogP contribution in [0.2, 0.25) is 0 Å². The smallest absolute Gasteiger partial charge is 0.168 e. The van der Waals surface area contributed by atoms with Gasteiger partial charge in [-0.2, -0.15) is 0 Å². The van der Waals surface area contributed by atoms with Gasteiger partial charge >= 0.3 is 0 Å². The summed E-state index contributed by atoms with van der Waals surface area (Å²) in [5.74, 6) is 0. The summed E-state index contributed by atoms with van der Waals surface area (Å²) in [7, 11) is 0. The van der Waals surface area contributed by atoms with Crippen molar-refractivity contribution in [2.45, 2.75) is 24.9 Å². The Morgan fingerprint density at radius 3 is 2.78 bits per heavy atom. The third kappa shape index (κ3) is 2.38. The molecule has 0 spiro atoms. The maximum Gasteiger partial charge on any atom is 0.168 e. The number of benzene rings is 1. The first-order chi connectivity index (χ1) is 11.3. The summed E-state index contributed by atoms with van der Waals surface area (Å²) in [6.07, 6.45) is 0.590. The van der Waals surface area contributed by atoms with E-state index in [9.17, 15) is 4.39 Å². The van der Waals surface area contributed by atoms with Crippen LogP contribution >= 0.6 is 0 Å². The van der Waals surface area contributed by atoms with Crippen LogP contribution in [0.25, 0.3) is 22.4 Å². The summed E-state index contributed by atoms with van der Waals surface area (Å²) in [4.78, 5) is 12.9. The first-order valence-electron chi connectivity index (χ1n) is 7.41. The van der Waals surface area contributed by atoms with Crippen molar-refractivity contribution in [1.82, 2.24) is 19.5 Å². The van der Waals surface area contributed by atoms with Gasteiger partial charge in [-0.15, -0.1) is 0 Å². The van der Waals surface area contributed by atoms with Crippen molar-refractivity contribution in [2.75, 3.05) is 6.61 Å². The van der Waals surface area contributed by atoms with Crippen LogP contribution < -0.4 is 0 Å². The lowest BCUT2D eigenvalue weighted by Crippen LogP contribution is -2.16. The normalized spacial score (nSPS) is 24.3. The number of imidazole rings is 1. The van der Waals surface area contributed by atoms with Gasteiger partial charge in [-0.25, -0.2) is 19.3 Å². The zero-order valence-electron chi connectivity index (χ0n) is 12.2. The highest BCUT2D eigenvalue weighted by Gasteiger charge is 2.37. The van der Waals surface area contributed by atoms with E-state index in [2.05, 4.69) is 15.0 Å². The van der Waals surface area contributed by atoms with E-state index in [1.807, 2.05) is 30.3 Å². The maximum atomic E-state index is 14.2. The fraction of sp³-hybridized carbons (Fsp3) is 0.312. The van der Waals surface area contributed by atoms with E-state index in [0.717, 1.165) is 5.56 Å². The largest absolute Gasteiger partial charge is 0.394 e. The number of aromatic nitrogens is 4. The number of fused-ring (bicyclic) bond motifs is 1. The molecule has 2 aromatic heterocycles. The predicted molar refractivity (Wildman–Crippen MR) is 81.3 cm³/mol. The number of alkyl halides is 1. The molecule has 0 bridgehead atoms. The number of hydrogen-bond acceptors (Lipinski definition) is 5. The molecule has 3 aromatic rings. The highest BCUT2D eigenvalue weighted by Crippen LogP contribution is 2.34. The second-order valence-corrected chi connectivity index (χ2v) is 5.50. The molecule has 3 heterocycles. The number of halogens is 1. The fourth-order valence-electron chi connectivity index (χ4n) is 2.91. The van der Waals surface area contributed by atoms with E-state index in [0.29, 0.717) is 16.9 Å². The van der Waals surface area contributed by atoms with Crippen molar-refractivity contribution in [3.8, 4) is 11.3 Å². The number of ether oxygens (including phenoxy) is 1. The number of aliphatic hydroxyl groups is 1. The Labute approximate surface area is 131 Å². The van der Waals surface area contributed by atoms with Gasteiger partial charge in [0.1, 0.15) is 23.7 Å². The standard InChI is InChI=1S/C16H15FN4O2/c17-12-6-11(7-22)23-16(12)21-9-20-14-13(18-8-19-15(14)21)10-4-2-1-3-5-10/h1-5,8-9,11-12,16,22H,6-7H2/t11-,12+,16+/m0/s1. The van der Waals surface area contributed by atoms with E-state index in [1.165, 1.54) is 12.7 Å². The minimum absolute atomic E-state index is 0.164. The molecule has 1 N–H and O–H groups in total. The van der Waals surface area contributed by atoms with Gasteiger partial charge in [-0.3, -0.25) is 4.57 Å². The average molecular weight is 314 g/mol. The highest BCUT2D eigenvalue weighted by molar-refractivity contribution is 5.87. The summed E-state index contributed by atoms with van der Waals surface area (Å²) >= 11 is 0. The molecule has 1 aromatic carbocycles. The monoisotopic (exact) mass is 314 g/mol. The molecule has 0 unspecified atom stereocenters. The molecule has 1 fully saturated rings. The molecular formula is C16H15FN4O2. The van der Waals surface area contributed by atoms with Gasteiger partial charge in [0.25, 0.3) is 0 Å². The van der Waals surface area contributed by atoms with Crippen molar-refractivity contribution in [1.29, 1.82) is 0 Å². The van der Waals surface area contributed by atoms with Crippen molar-refractivity contribution >= 4 is 11.2 Å². The van der Waals surface area contributed by atoms with Crippen LogP contribution in [0.15, 0.2) is 43.0 Å². The molecule has 0 saturated carbocycles. The first-order valence-corrected chi connectivity index (χ1v) is 7.41. The topological polar surface area (TPSA) is 73.1 Å². The Morgan fingerprint density at radius 1 is 1.22 bits per heavy atom. The summed E-state index contributed by atoms with van der Waals surface area (Å²) in [5, 5.41) is 9.16. The van der Waals surface area contributed by atoms with Crippen molar-refractivity contribution in [3.63, 3.8) is 0 Å². The van der Waals surface area contributed by atoms with Gasteiger partial charge in [0.2, 0.25) is 0 Å². The maximum absolute atomic E-state index is 14.2. The minimum atomic E-state index is -1.21. The molecule has 7 heteroatoms. The number of nitrogens with zero attached hydrogens (tertiary/aromatic N) is 4. The number of aliphatic hydroxyl groups excluding tert-OH is 1. The summed E-state index contributed by atoms with van der Waals surface area (Å²) in [6.45, 7) is -0.201. The molecular weight excluding hydrogens is 299 g/mol. The summed E-state index contributed by atoms with van der Waals surface area (Å²) < 4.78 is 21.3. The van der Waals surface area contributed by atoms with Crippen LogP contribution in [0.4, 0.5) is 4.39 Å². The van der Waals surface area contributed by atoms with E-state index < -0.39 is 18.5 Å². The minimum Gasteiger partial charge on any atom is -0.394 e. The lowest BCUT2D eigenvalue weighted by atomic mass is 10.1. The van der Waals surface area contributed by atoms with Crippen LogP contribution in [0.3, 0.4) is 0 Å². The van der Waals surface area contributed by atoms with E-state index in [1.54, 1.807) is 4.57 Å². The Bertz CT molecular complexity index is 823. The van der Waals surface area contributed by atoms with E-state index in [-0.39, 0.29) is 13.0 Å². The van der Waals surface area contributed by atoms with Gasteiger partial charge in [-0.1, -0.05) is 30.3 Å². The lowest BCUT2D eigenvalue weighted by Gasteiger charge is -2.15. The first kappa shape index (κ1) is 14.2. The molecule has 118 valence electrons. The van der Waals surface area contributed by atoms with E-state index >= 15 is 0 Å². The quantitative estimate of drug-likeness (QED) is 0.801. The molecule has 1 saturated heterocycles. The average Bonchev–Trinajstić information content (AvgIpc) is 3.18. The molecule has 4 rings (SSSR count). The van der Waals surface area contributed by atoms with Crippen LogP contribution in [-0.4, -0.2) is 43.5 Å². The molecule has 1 aliphatic rings. The molecule has 23 heavy (non-hydrogen) atoms. The zero-order valence-corrected chi connectivity index (χ0v) is 12.2. The molecule has 0 aliphatic carbocycles. The van der Waals surface area contributed by atoms with Gasteiger partial charge < -0.3 is 9.84 Å². The highest BCUT2D eigenvalue weighted by atomic mass is 19.1. The van der Waals surface area contributed by atoms with E-state index in [4.69, 9.17) is 9.84 Å². The third-order valence-corrected chi connectivity index (χ3v) is 4.01. The van der Waals surface area contributed by atoms with Crippen molar-refractivity contribution in [2.24, 2.45) is 0 Å². The molecule has 3 atom stereocenters. The third-order valence-electron chi connectivity index (χ3n) is 4.01. The van der Waals surface area contributed by atoms with Gasteiger partial charge in [0.15, 0.2) is 11.9 Å². The molecule has 1 aliphatic heterocycles. The Balaban J connectivity index is 1.79. The molecule has 0 radical (unpaired) electrons. The predicted octanol–water partition coefficient (Wildman–Crippen LogP) is 2.11. The zero-order chi connectivity index (χ0) is 15.8. The van der Waals surface area contributed by atoms with Gasteiger partial charge in [-0.05, 0) is 0 Å². The summed E-state index contributed by atoms with van der Waals surface area (Å²) in [6, 6.07) is 9.64. The van der Waals surface area contributed by atoms with Gasteiger partial charge in [0.05, 0.1) is 19.0 Å². The Hall–Kier alpha value is -2.38. The second-order valence-electron chi connectivity index (χ2n) is 5.50. The second kappa shape index (κ2) is 5.68. The Morgan fingerprint density at radius 2 is 2.04 bits per heavy atom. The number of hydrogen-bond donors (Lipinski definition) is 1. The van der Waals surface area contributed by atoms with Crippen molar-refractivity contribution < 1.29 is 14.2 Å². The van der Waals surface area contributed by atoms with Crippen molar-refractivity contribution in [3.05, 3.63) is 43.0 Å². The number of rotatable bonds is 3. The van der Waals surface area contributed by atoms with Crippen LogP contribution in [0, 0.1) is 0 Å². The molecule has 6 nitrogen and oxygen atoms in total. The van der Waals surface area contributed by atoms with Gasteiger partial charge in [0, 0.05) is 12.0 Å². The SMILES string of the molecule is OC[C@@H]1C[C@@H](F)[C@H](n2cnc3c(-c4ccccc4)ncnc32)O1.